The average Bonchev–Trinajstić information content (AvgIpc) is 2.39. The number of rotatable bonds is 3. The molecule has 1 aromatic rings. The van der Waals surface area contributed by atoms with Crippen LogP contribution in [-0.4, -0.2) is 38.3 Å². The number of benzene rings is 1. The van der Waals surface area contributed by atoms with Crippen molar-refractivity contribution < 1.29 is 9.00 Å². The molecule has 1 fully saturated rings. The summed E-state index contributed by atoms with van der Waals surface area (Å²) in [5.74, 6) is 3.68. The summed E-state index contributed by atoms with van der Waals surface area (Å²) in [5, 5.41) is 0.0716. The van der Waals surface area contributed by atoms with Crippen LogP contribution in [-0.2, 0) is 21.7 Å². The van der Waals surface area contributed by atoms with Gasteiger partial charge in [-0.15, -0.1) is 0 Å². The lowest BCUT2D eigenvalue weighted by Gasteiger charge is -2.18. The molecular formula is C13H16IO2S2+. The van der Waals surface area contributed by atoms with Crippen LogP contribution in [0.1, 0.15) is 17.3 Å². The number of halogens is 1. The van der Waals surface area contributed by atoms with Crippen molar-refractivity contribution in [1.29, 1.82) is 0 Å². The van der Waals surface area contributed by atoms with Gasteiger partial charge in [0.15, 0.2) is 5.25 Å². The summed E-state index contributed by atoms with van der Waals surface area (Å²) in [6.45, 7) is 2.03. The Hall–Kier alpha value is 0.120. The molecule has 0 aliphatic carbocycles. The van der Waals surface area contributed by atoms with Crippen molar-refractivity contribution in [2.24, 2.45) is 0 Å². The zero-order valence-corrected chi connectivity index (χ0v) is 14.0. The Balaban J connectivity index is 2.04. The Morgan fingerprint density at radius 1 is 1.28 bits per heavy atom. The summed E-state index contributed by atoms with van der Waals surface area (Å²) in [6, 6.07) is 7.76. The van der Waals surface area contributed by atoms with Crippen LogP contribution in [0.15, 0.2) is 24.3 Å². The van der Waals surface area contributed by atoms with E-state index in [4.69, 9.17) is 0 Å². The third-order valence-corrected chi connectivity index (χ3v) is 8.37. The van der Waals surface area contributed by atoms with Crippen molar-refractivity contribution in [1.82, 2.24) is 0 Å². The van der Waals surface area contributed by atoms with E-state index < -0.39 is 10.8 Å². The van der Waals surface area contributed by atoms with Gasteiger partial charge in [-0.1, -0.05) is 12.1 Å². The SMILES string of the molecule is CC(C(=O)c1ccc(I)cc1)[S+]1CCS(=O)CC1. The number of carbonyl (C=O) groups excluding carboxylic acids is 1. The molecule has 98 valence electrons. The van der Waals surface area contributed by atoms with Gasteiger partial charge in [0, 0.05) is 19.9 Å². The van der Waals surface area contributed by atoms with E-state index >= 15 is 0 Å². The standard InChI is InChI=1S/C13H16IO2S2/c1-10(17-6-8-18(16)9-7-17)13(15)11-2-4-12(14)5-3-11/h2-5,10H,6-9H2,1H3/q+1. The zero-order valence-electron chi connectivity index (χ0n) is 10.2. The van der Waals surface area contributed by atoms with E-state index in [1.165, 1.54) is 0 Å². The summed E-state index contributed by atoms with van der Waals surface area (Å²) in [4.78, 5) is 12.4. The van der Waals surface area contributed by atoms with E-state index in [1.54, 1.807) is 0 Å². The van der Waals surface area contributed by atoms with Gasteiger partial charge in [-0.05, 0) is 52.5 Å². The molecular weight excluding hydrogens is 379 g/mol. The number of hydrogen-bond donors (Lipinski definition) is 0. The van der Waals surface area contributed by atoms with Gasteiger partial charge in [0.2, 0.25) is 5.78 Å². The van der Waals surface area contributed by atoms with Crippen LogP contribution in [0.3, 0.4) is 0 Å². The molecule has 1 aromatic carbocycles. The lowest BCUT2D eigenvalue weighted by molar-refractivity contribution is 0.0993. The van der Waals surface area contributed by atoms with Crippen LogP contribution in [0.5, 0.6) is 0 Å². The largest absolute Gasteiger partial charge is 0.289 e. The molecule has 1 unspecified atom stereocenters. The van der Waals surface area contributed by atoms with Crippen molar-refractivity contribution in [3.05, 3.63) is 33.4 Å². The van der Waals surface area contributed by atoms with Gasteiger partial charge in [-0.2, -0.15) is 0 Å². The van der Waals surface area contributed by atoms with E-state index in [0.29, 0.717) is 0 Å². The van der Waals surface area contributed by atoms with E-state index in [9.17, 15) is 9.00 Å². The minimum atomic E-state index is -0.644. The molecule has 1 atom stereocenters. The fraction of sp³-hybridized carbons (Fsp3) is 0.462. The molecule has 1 saturated heterocycles. The maximum absolute atomic E-state index is 12.4. The molecule has 1 aliphatic heterocycles. The molecule has 1 heterocycles. The molecule has 0 N–H and O–H groups in total. The Kier molecular flexibility index (Phi) is 5.26. The van der Waals surface area contributed by atoms with Crippen LogP contribution < -0.4 is 0 Å². The first-order valence-corrected chi connectivity index (χ1v) is 10.1. The van der Waals surface area contributed by atoms with Gasteiger partial charge >= 0.3 is 0 Å². The van der Waals surface area contributed by atoms with Crippen molar-refractivity contribution in [2.45, 2.75) is 12.2 Å². The van der Waals surface area contributed by atoms with Gasteiger partial charge in [-0.3, -0.25) is 9.00 Å². The molecule has 2 nitrogen and oxygen atoms in total. The monoisotopic (exact) mass is 395 g/mol. The molecule has 0 spiro atoms. The third kappa shape index (κ3) is 3.57. The van der Waals surface area contributed by atoms with E-state index in [1.807, 2.05) is 31.2 Å². The third-order valence-electron chi connectivity index (χ3n) is 3.14. The van der Waals surface area contributed by atoms with Crippen molar-refractivity contribution in [3.63, 3.8) is 0 Å². The van der Waals surface area contributed by atoms with Gasteiger partial charge in [0.1, 0.15) is 11.5 Å². The summed E-state index contributed by atoms with van der Waals surface area (Å²) in [6.07, 6.45) is 0. The lowest BCUT2D eigenvalue weighted by atomic mass is 10.1. The van der Waals surface area contributed by atoms with Gasteiger partial charge in [-0.25, -0.2) is 0 Å². The van der Waals surface area contributed by atoms with E-state index in [-0.39, 0.29) is 21.9 Å². The van der Waals surface area contributed by atoms with Crippen LogP contribution in [0.25, 0.3) is 0 Å². The Labute approximate surface area is 127 Å². The maximum atomic E-state index is 12.4. The normalized spacial score (nSPS) is 25.7. The van der Waals surface area contributed by atoms with Crippen LogP contribution in [0.2, 0.25) is 0 Å². The Morgan fingerprint density at radius 3 is 2.39 bits per heavy atom. The van der Waals surface area contributed by atoms with Crippen LogP contribution in [0.4, 0.5) is 0 Å². The second-order valence-electron chi connectivity index (χ2n) is 4.31. The smallest absolute Gasteiger partial charge is 0.214 e. The summed E-state index contributed by atoms with van der Waals surface area (Å²) < 4.78 is 12.5. The lowest BCUT2D eigenvalue weighted by Crippen LogP contribution is -2.39. The number of ketones is 1. The number of carbonyl (C=O) groups is 1. The highest BCUT2D eigenvalue weighted by molar-refractivity contribution is 14.1. The van der Waals surface area contributed by atoms with Crippen LogP contribution >= 0.6 is 22.6 Å². The summed E-state index contributed by atoms with van der Waals surface area (Å²) in [5.41, 5.74) is 0.808. The second kappa shape index (κ2) is 6.52. The number of Topliss-reactive ketones (excluding diaryl/α,β-unsaturated/α-hetero) is 1. The fourth-order valence-corrected chi connectivity index (χ4v) is 7.07. The molecule has 0 aromatic heterocycles. The number of hydrogen-bond acceptors (Lipinski definition) is 2. The van der Waals surface area contributed by atoms with E-state index in [2.05, 4.69) is 22.6 Å². The molecule has 0 saturated carbocycles. The second-order valence-corrected chi connectivity index (χ2v) is 9.85. The Morgan fingerprint density at radius 2 is 1.83 bits per heavy atom. The predicted molar refractivity (Wildman–Crippen MR) is 87.9 cm³/mol. The summed E-state index contributed by atoms with van der Waals surface area (Å²) >= 11 is 2.24. The maximum Gasteiger partial charge on any atom is 0.214 e. The average molecular weight is 395 g/mol. The molecule has 0 bridgehead atoms. The van der Waals surface area contributed by atoms with Gasteiger partial charge in [0.05, 0.1) is 11.5 Å². The molecule has 1 aliphatic rings. The van der Waals surface area contributed by atoms with Crippen molar-refractivity contribution >= 4 is 50.1 Å². The van der Waals surface area contributed by atoms with Gasteiger partial charge < -0.3 is 0 Å². The topological polar surface area (TPSA) is 34.1 Å². The first-order chi connectivity index (χ1) is 8.58. The Bertz CT molecular complexity index is 449. The molecule has 2 rings (SSSR count). The molecule has 0 radical (unpaired) electrons. The van der Waals surface area contributed by atoms with E-state index in [0.717, 1.165) is 32.1 Å². The van der Waals surface area contributed by atoms with Crippen molar-refractivity contribution in [2.75, 3.05) is 23.0 Å². The highest BCUT2D eigenvalue weighted by Crippen LogP contribution is 2.18. The highest BCUT2D eigenvalue weighted by Gasteiger charge is 2.36. The minimum absolute atomic E-state index is 0.0716. The summed E-state index contributed by atoms with van der Waals surface area (Å²) in [7, 11) is -0.534. The zero-order chi connectivity index (χ0) is 13.1. The first-order valence-electron chi connectivity index (χ1n) is 5.89. The molecule has 0 amide bonds. The molecule has 5 heteroatoms. The fourth-order valence-electron chi connectivity index (χ4n) is 1.96. The predicted octanol–water partition coefficient (Wildman–Crippen LogP) is 2.24. The quantitative estimate of drug-likeness (QED) is 0.447. The highest BCUT2D eigenvalue weighted by atomic mass is 127. The first kappa shape index (κ1) is 14.5. The minimum Gasteiger partial charge on any atom is -0.289 e. The van der Waals surface area contributed by atoms with Crippen LogP contribution in [0, 0.1) is 3.57 Å². The molecule has 18 heavy (non-hydrogen) atoms. The van der Waals surface area contributed by atoms with Crippen molar-refractivity contribution in [3.8, 4) is 0 Å². The van der Waals surface area contributed by atoms with Gasteiger partial charge in [0.25, 0.3) is 0 Å².